The van der Waals surface area contributed by atoms with E-state index in [0.717, 1.165) is 17.7 Å². The van der Waals surface area contributed by atoms with Crippen molar-refractivity contribution in [3.8, 4) is 0 Å². The Labute approximate surface area is 131 Å². The minimum atomic E-state index is 0.268. The Morgan fingerprint density at radius 2 is 1.59 bits per heavy atom. The Bertz CT molecular complexity index is 684. The van der Waals surface area contributed by atoms with Crippen LogP contribution in [0.25, 0.3) is 5.76 Å². The molecule has 2 nitrogen and oxygen atoms in total. The Morgan fingerprint density at radius 3 is 2.23 bits per heavy atom. The molecule has 0 spiro atoms. The molecule has 112 valence electrons. The second-order valence-corrected chi connectivity index (χ2v) is 5.39. The summed E-state index contributed by atoms with van der Waals surface area (Å²) in [6.45, 7) is 2.19. The van der Waals surface area contributed by atoms with Gasteiger partial charge in [0.2, 0.25) is 0 Å². The zero-order valence-corrected chi connectivity index (χ0v) is 13.0. The molecule has 0 radical (unpaired) electrons. The molecule has 0 N–H and O–H groups in total. The Morgan fingerprint density at radius 1 is 0.955 bits per heavy atom. The lowest BCUT2D eigenvalue weighted by Crippen LogP contribution is -2.10. The highest BCUT2D eigenvalue weighted by atomic mass is 16.7. The van der Waals surface area contributed by atoms with Crippen LogP contribution in [0.5, 0.6) is 0 Å². The topological polar surface area (TPSA) is 18.5 Å². The van der Waals surface area contributed by atoms with E-state index in [1.165, 1.54) is 11.1 Å². The van der Waals surface area contributed by atoms with Gasteiger partial charge in [0.25, 0.3) is 5.95 Å². The van der Waals surface area contributed by atoms with E-state index in [-0.39, 0.29) is 5.92 Å². The molecule has 3 rings (SSSR count). The second-order valence-electron chi connectivity index (χ2n) is 5.39. The summed E-state index contributed by atoms with van der Waals surface area (Å²) in [7, 11) is 1.67. The monoisotopic (exact) mass is 292 g/mol. The molecule has 0 saturated carbocycles. The van der Waals surface area contributed by atoms with E-state index in [0.29, 0.717) is 5.95 Å². The maximum absolute atomic E-state index is 6.00. The van der Waals surface area contributed by atoms with Gasteiger partial charge in [-0.15, -0.1) is 0 Å². The number of ether oxygens (including phenoxy) is 2. The van der Waals surface area contributed by atoms with Gasteiger partial charge in [-0.25, -0.2) is 0 Å². The lowest BCUT2D eigenvalue weighted by Gasteiger charge is -2.24. The van der Waals surface area contributed by atoms with Gasteiger partial charge in [-0.1, -0.05) is 67.6 Å². The van der Waals surface area contributed by atoms with Gasteiger partial charge >= 0.3 is 0 Å². The molecule has 2 heteroatoms. The van der Waals surface area contributed by atoms with Gasteiger partial charge in [0.15, 0.2) is 0 Å². The first-order chi connectivity index (χ1) is 10.8. The van der Waals surface area contributed by atoms with Crippen LogP contribution in [0.1, 0.15) is 30.4 Å². The average Bonchev–Trinajstić information content (AvgIpc) is 2.62. The van der Waals surface area contributed by atoms with Crippen LogP contribution in [-0.4, -0.2) is 7.11 Å². The van der Waals surface area contributed by atoms with E-state index < -0.39 is 0 Å². The van der Waals surface area contributed by atoms with Crippen LogP contribution in [-0.2, 0) is 9.47 Å². The van der Waals surface area contributed by atoms with E-state index in [9.17, 15) is 0 Å². The maximum atomic E-state index is 6.00. The third-order valence-corrected chi connectivity index (χ3v) is 4.04. The predicted molar refractivity (Wildman–Crippen MR) is 89.0 cm³/mol. The molecular formula is C20H20O2. The molecule has 0 fully saturated rings. The molecule has 1 atom stereocenters. The van der Waals surface area contributed by atoms with Gasteiger partial charge in [0.1, 0.15) is 5.76 Å². The van der Waals surface area contributed by atoms with E-state index in [4.69, 9.17) is 9.47 Å². The smallest absolute Gasteiger partial charge is 0.284 e. The quantitative estimate of drug-likeness (QED) is 0.779. The summed E-state index contributed by atoms with van der Waals surface area (Å²) in [4.78, 5) is 0. The van der Waals surface area contributed by atoms with Crippen LogP contribution in [0.2, 0.25) is 0 Å². The summed E-state index contributed by atoms with van der Waals surface area (Å²) in [6.07, 6.45) is 2.97. The van der Waals surface area contributed by atoms with E-state index in [1.54, 1.807) is 7.11 Å². The molecule has 0 bridgehead atoms. The third-order valence-electron chi connectivity index (χ3n) is 4.04. The molecule has 0 aliphatic carbocycles. The molecule has 2 aromatic carbocycles. The molecule has 22 heavy (non-hydrogen) atoms. The lowest BCUT2D eigenvalue weighted by atomic mass is 9.90. The number of methoxy groups -OCH3 is 1. The highest BCUT2D eigenvalue weighted by Crippen LogP contribution is 2.36. The largest absolute Gasteiger partial charge is 0.468 e. The molecule has 0 aromatic heterocycles. The summed E-state index contributed by atoms with van der Waals surface area (Å²) >= 11 is 0. The van der Waals surface area contributed by atoms with Gasteiger partial charge in [-0.2, -0.15) is 0 Å². The molecule has 2 aromatic rings. The van der Waals surface area contributed by atoms with Crippen LogP contribution in [0.15, 0.2) is 78.3 Å². The van der Waals surface area contributed by atoms with Crippen LogP contribution in [0, 0.1) is 0 Å². The zero-order chi connectivity index (χ0) is 15.4. The number of benzene rings is 2. The van der Waals surface area contributed by atoms with Gasteiger partial charge in [0, 0.05) is 17.1 Å². The van der Waals surface area contributed by atoms with Crippen LogP contribution >= 0.6 is 0 Å². The summed E-state index contributed by atoms with van der Waals surface area (Å²) in [5.74, 6) is 1.75. The van der Waals surface area contributed by atoms with Crippen LogP contribution < -0.4 is 0 Å². The maximum Gasteiger partial charge on any atom is 0.284 e. The van der Waals surface area contributed by atoms with Crippen molar-refractivity contribution in [1.29, 1.82) is 0 Å². The van der Waals surface area contributed by atoms with Gasteiger partial charge in [-0.05, 0) is 18.1 Å². The molecule has 0 saturated heterocycles. The van der Waals surface area contributed by atoms with Crippen molar-refractivity contribution in [2.45, 2.75) is 19.3 Å². The van der Waals surface area contributed by atoms with Crippen molar-refractivity contribution in [2.75, 3.05) is 7.11 Å². The lowest BCUT2D eigenvalue weighted by molar-refractivity contribution is 0.121. The fraction of sp³-hybridized carbons (Fsp3) is 0.200. The first kappa shape index (κ1) is 14.5. The number of allylic oxidation sites excluding steroid dienone is 2. The predicted octanol–water partition coefficient (Wildman–Crippen LogP) is 5.11. The van der Waals surface area contributed by atoms with Crippen LogP contribution in [0.3, 0.4) is 0 Å². The summed E-state index contributed by atoms with van der Waals surface area (Å²) < 4.78 is 11.5. The average molecular weight is 292 g/mol. The fourth-order valence-corrected chi connectivity index (χ4v) is 2.74. The minimum absolute atomic E-state index is 0.268. The van der Waals surface area contributed by atoms with Crippen molar-refractivity contribution >= 4 is 5.76 Å². The van der Waals surface area contributed by atoms with Crippen molar-refractivity contribution in [1.82, 2.24) is 0 Å². The first-order valence-electron chi connectivity index (χ1n) is 7.55. The van der Waals surface area contributed by atoms with E-state index in [2.05, 4.69) is 37.3 Å². The fourth-order valence-electron chi connectivity index (χ4n) is 2.74. The Balaban J connectivity index is 1.86. The van der Waals surface area contributed by atoms with E-state index in [1.807, 2.05) is 36.4 Å². The zero-order valence-electron chi connectivity index (χ0n) is 13.0. The highest BCUT2D eigenvalue weighted by Gasteiger charge is 2.23. The summed E-state index contributed by atoms with van der Waals surface area (Å²) in [5, 5.41) is 0. The van der Waals surface area contributed by atoms with Gasteiger partial charge in [0.05, 0.1) is 7.11 Å². The number of hydrogen-bond donors (Lipinski definition) is 0. The minimum Gasteiger partial charge on any atom is -0.468 e. The van der Waals surface area contributed by atoms with Gasteiger partial charge < -0.3 is 9.47 Å². The van der Waals surface area contributed by atoms with Crippen molar-refractivity contribution < 1.29 is 9.47 Å². The molecule has 1 aliphatic rings. The standard InChI is InChI=1S/C20H20O2/c1-15(16-9-5-3-6-10-16)18-13-14-19(22-20(18)21-2)17-11-7-4-8-12-17/h3-12,14-15H,13H2,1-2H3. The number of hydrogen-bond acceptors (Lipinski definition) is 2. The molecule has 1 unspecified atom stereocenters. The first-order valence-corrected chi connectivity index (χ1v) is 7.55. The SMILES string of the molecule is COC1=C(C(C)c2ccccc2)CC=C(c2ccccc2)O1. The number of rotatable bonds is 4. The Kier molecular flexibility index (Phi) is 4.29. The highest BCUT2D eigenvalue weighted by molar-refractivity contribution is 5.62. The Hall–Kier alpha value is -2.48. The van der Waals surface area contributed by atoms with Crippen molar-refractivity contribution in [3.63, 3.8) is 0 Å². The van der Waals surface area contributed by atoms with Crippen molar-refractivity contribution in [2.24, 2.45) is 0 Å². The molecule has 1 heterocycles. The summed E-state index contributed by atoms with van der Waals surface area (Å²) in [5.41, 5.74) is 3.52. The normalized spacial score (nSPS) is 15.8. The molecule has 1 aliphatic heterocycles. The van der Waals surface area contributed by atoms with Crippen molar-refractivity contribution in [3.05, 3.63) is 89.4 Å². The van der Waals surface area contributed by atoms with E-state index >= 15 is 0 Å². The summed E-state index contributed by atoms with van der Waals surface area (Å²) in [6, 6.07) is 20.6. The van der Waals surface area contributed by atoms with Crippen LogP contribution in [0.4, 0.5) is 0 Å². The molecular weight excluding hydrogens is 272 g/mol. The molecule has 0 amide bonds. The second kappa shape index (κ2) is 6.52. The third kappa shape index (κ3) is 2.91. The van der Waals surface area contributed by atoms with Gasteiger partial charge in [-0.3, -0.25) is 0 Å².